The minimum absolute atomic E-state index is 0.0646. The van der Waals surface area contributed by atoms with Crippen LogP contribution in [0.5, 0.6) is 5.75 Å². The van der Waals surface area contributed by atoms with E-state index in [4.69, 9.17) is 21.6 Å². The molecule has 0 unspecified atom stereocenters. The Hall–Kier alpha value is -2.75. The van der Waals surface area contributed by atoms with Gasteiger partial charge in [-0.2, -0.15) is 5.26 Å². The highest BCUT2D eigenvalue weighted by molar-refractivity contribution is 8.18. The molecule has 26 heavy (non-hydrogen) atoms. The van der Waals surface area contributed by atoms with Crippen molar-refractivity contribution in [2.45, 2.75) is 6.54 Å². The zero-order valence-corrected chi connectivity index (χ0v) is 15.3. The van der Waals surface area contributed by atoms with E-state index < -0.39 is 0 Å². The van der Waals surface area contributed by atoms with Crippen LogP contribution in [-0.2, 0) is 11.3 Å². The lowest BCUT2D eigenvalue weighted by atomic mass is 10.1. The lowest BCUT2D eigenvalue weighted by Crippen LogP contribution is -2.27. The number of amides is 2. The molecule has 1 aliphatic rings. The third-order valence-electron chi connectivity index (χ3n) is 3.81. The van der Waals surface area contributed by atoms with Crippen LogP contribution in [0.1, 0.15) is 16.7 Å². The van der Waals surface area contributed by atoms with Gasteiger partial charge in [-0.25, -0.2) is 0 Å². The molecule has 0 aromatic heterocycles. The first-order chi connectivity index (χ1) is 12.5. The summed E-state index contributed by atoms with van der Waals surface area (Å²) in [7, 11) is 1.52. The largest absolute Gasteiger partial charge is 0.495 e. The fourth-order valence-corrected chi connectivity index (χ4v) is 3.60. The highest BCUT2D eigenvalue weighted by Gasteiger charge is 2.35. The quantitative estimate of drug-likeness (QED) is 0.728. The molecule has 7 heteroatoms. The molecule has 2 aromatic rings. The number of imide groups is 1. The van der Waals surface area contributed by atoms with Crippen molar-refractivity contribution in [3.63, 3.8) is 0 Å². The van der Waals surface area contributed by atoms with Gasteiger partial charge in [0.15, 0.2) is 0 Å². The number of halogens is 1. The van der Waals surface area contributed by atoms with Crippen LogP contribution < -0.4 is 4.74 Å². The van der Waals surface area contributed by atoms with Gasteiger partial charge in [-0.05, 0) is 47.2 Å². The van der Waals surface area contributed by atoms with E-state index in [1.807, 2.05) is 0 Å². The van der Waals surface area contributed by atoms with E-state index in [0.717, 1.165) is 16.7 Å². The fraction of sp³-hybridized carbons (Fsp3) is 0.105. The van der Waals surface area contributed by atoms with Crippen molar-refractivity contribution in [1.82, 2.24) is 4.90 Å². The molecule has 0 spiro atoms. The Kier molecular flexibility index (Phi) is 5.31. The lowest BCUT2D eigenvalue weighted by Gasteiger charge is -2.13. The summed E-state index contributed by atoms with van der Waals surface area (Å²) in [5.74, 6) is 0.143. The molecule has 1 saturated heterocycles. The summed E-state index contributed by atoms with van der Waals surface area (Å²) in [5.41, 5.74) is 1.77. The summed E-state index contributed by atoms with van der Waals surface area (Å²) in [6.45, 7) is 0.0646. The van der Waals surface area contributed by atoms with Crippen LogP contribution in [-0.4, -0.2) is 23.2 Å². The molecule has 0 radical (unpaired) electrons. The van der Waals surface area contributed by atoms with Gasteiger partial charge < -0.3 is 4.74 Å². The van der Waals surface area contributed by atoms with Crippen LogP contribution in [0.15, 0.2) is 47.4 Å². The molecule has 0 atom stereocenters. The number of nitriles is 1. The Balaban J connectivity index is 1.85. The van der Waals surface area contributed by atoms with Crippen LogP contribution in [0.2, 0.25) is 5.02 Å². The highest BCUT2D eigenvalue weighted by Crippen LogP contribution is 2.34. The lowest BCUT2D eigenvalue weighted by molar-refractivity contribution is -0.123. The topological polar surface area (TPSA) is 70.4 Å². The number of ether oxygens (including phenoxy) is 1. The molecule has 2 aromatic carbocycles. The second-order valence-electron chi connectivity index (χ2n) is 5.43. The first-order valence-corrected chi connectivity index (χ1v) is 8.80. The SMILES string of the molecule is COc1ccc(/C=C2/SC(=O)N(Cc3ccccc3C#N)C2=O)cc1Cl. The predicted octanol–water partition coefficient (Wildman–Crippen LogP) is 4.46. The zero-order chi connectivity index (χ0) is 18.7. The number of hydrogen-bond acceptors (Lipinski definition) is 5. The van der Waals surface area contributed by atoms with Gasteiger partial charge in [-0.3, -0.25) is 14.5 Å². The van der Waals surface area contributed by atoms with Crippen molar-refractivity contribution in [2.75, 3.05) is 7.11 Å². The molecule has 1 aliphatic heterocycles. The first kappa shape index (κ1) is 18.1. The predicted molar refractivity (Wildman–Crippen MR) is 101 cm³/mol. The summed E-state index contributed by atoms with van der Waals surface area (Å²) >= 11 is 6.96. The molecule has 1 heterocycles. The van der Waals surface area contributed by atoms with Crippen molar-refractivity contribution in [1.29, 1.82) is 5.26 Å². The summed E-state index contributed by atoms with van der Waals surface area (Å²) < 4.78 is 5.10. The van der Waals surface area contributed by atoms with Crippen LogP contribution in [0, 0.1) is 11.3 Å². The third-order valence-corrected chi connectivity index (χ3v) is 5.02. The Morgan fingerprint density at radius 2 is 2.04 bits per heavy atom. The van der Waals surface area contributed by atoms with Gasteiger partial charge >= 0.3 is 0 Å². The Bertz CT molecular complexity index is 965. The number of carbonyl (C=O) groups excluding carboxylic acids is 2. The van der Waals surface area contributed by atoms with Crippen molar-refractivity contribution in [3.8, 4) is 11.8 Å². The molecule has 3 rings (SSSR count). The van der Waals surface area contributed by atoms with E-state index in [-0.39, 0.29) is 17.7 Å². The number of thioether (sulfide) groups is 1. The van der Waals surface area contributed by atoms with Gasteiger partial charge in [-0.1, -0.05) is 35.9 Å². The van der Waals surface area contributed by atoms with E-state index in [9.17, 15) is 9.59 Å². The maximum atomic E-state index is 12.6. The van der Waals surface area contributed by atoms with Crippen LogP contribution in [0.25, 0.3) is 6.08 Å². The maximum Gasteiger partial charge on any atom is 0.293 e. The Morgan fingerprint density at radius 1 is 1.27 bits per heavy atom. The number of benzene rings is 2. The minimum Gasteiger partial charge on any atom is -0.495 e. The number of rotatable bonds is 4. The normalized spacial score (nSPS) is 15.4. The first-order valence-electron chi connectivity index (χ1n) is 7.60. The van der Waals surface area contributed by atoms with Crippen molar-refractivity contribution in [3.05, 3.63) is 69.1 Å². The molecule has 0 bridgehead atoms. The van der Waals surface area contributed by atoms with Crippen LogP contribution in [0.4, 0.5) is 4.79 Å². The fourth-order valence-electron chi connectivity index (χ4n) is 2.50. The van der Waals surface area contributed by atoms with Crippen molar-refractivity contribution >= 4 is 40.6 Å². The maximum absolute atomic E-state index is 12.6. The van der Waals surface area contributed by atoms with Gasteiger partial charge in [0.2, 0.25) is 0 Å². The highest BCUT2D eigenvalue weighted by atomic mass is 35.5. The molecule has 0 N–H and O–H groups in total. The summed E-state index contributed by atoms with van der Waals surface area (Å²) in [5, 5.41) is 9.21. The Morgan fingerprint density at radius 3 is 2.73 bits per heavy atom. The second kappa shape index (κ2) is 7.65. The standard InChI is InChI=1S/C19H13ClN2O3S/c1-25-16-7-6-12(8-15(16)20)9-17-18(23)22(19(24)26-17)11-14-5-3-2-4-13(14)10-21/h2-9H,11H2,1H3/b17-9+. The Labute approximate surface area is 159 Å². The average Bonchev–Trinajstić information content (AvgIpc) is 2.90. The number of carbonyl (C=O) groups is 2. The van der Waals surface area contributed by atoms with E-state index in [2.05, 4.69) is 6.07 Å². The molecule has 1 fully saturated rings. The minimum atomic E-state index is -0.389. The molecule has 2 amide bonds. The summed E-state index contributed by atoms with van der Waals surface area (Å²) in [6.07, 6.45) is 1.62. The van der Waals surface area contributed by atoms with E-state index in [1.165, 1.54) is 7.11 Å². The van der Waals surface area contributed by atoms with Crippen molar-refractivity contribution in [2.24, 2.45) is 0 Å². The average molecular weight is 385 g/mol. The molecular weight excluding hydrogens is 372 g/mol. The van der Waals surface area contributed by atoms with Crippen molar-refractivity contribution < 1.29 is 14.3 Å². The van der Waals surface area contributed by atoms with Crippen LogP contribution >= 0.6 is 23.4 Å². The van der Waals surface area contributed by atoms with E-state index in [1.54, 1.807) is 48.5 Å². The molecule has 5 nitrogen and oxygen atoms in total. The van der Waals surface area contributed by atoms with E-state index in [0.29, 0.717) is 32.4 Å². The van der Waals surface area contributed by atoms with Gasteiger partial charge in [0.1, 0.15) is 5.75 Å². The molecule has 130 valence electrons. The molecule has 0 saturated carbocycles. The van der Waals surface area contributed by atoms with Gasteiger partial charge in [0.25, 0.3) is 11.1 Å². The number of nitrogens with zero attached hydrogens (tertiary/aromatic N) is 2. The second-order valence-corrected chi connectivity index (χ2v) is 6.83. The van der Waals surface area contributed by atoms with E-state index >= 15 is 0 Å². The smallest absolute Gasteiger partial charge is 0.293 e. The van der Waals surface area contributed by atoms with Crippen LogP contribution in [0.3, 0.4) is 0 Å². The van der Waals surface area contributed by atoms with Gasteiger partial charge in [-0.15, -0.1) is 0 Å². The third kappa shape index (κ3) is 3.59. The monoisotopic (exact) mass is 384 g/mol. The zero-order valence-electron chi connectivity index (χ0n) is 13.7. The van der Waals surface area contributed by atoms with Gasteiger partial charge in [0, 0.05) is 0 Å². The molecule has 0 aliphatic carbocycles. The number of hydrogen-bond donors (Lipinski definition) is 0. The molecular formula is C19H13ClN2O3S. The summed E-state index contributed by atoms with van der Waals surface area (Å²) in [6, 6.07) is 14.1. The van der Waals surface area contributed by atoms with Gasteiger partial charge in [0.05, 0.1) is 35.2 Å². The summed E-state index contributed by atoms with van der Waals surface area (Å²) in [4.78, 5) is 26.3. The number of methoxy groups -OCH3 is 1.